The molecular weight excluding hydrogens is 1820 g/mol. The van der Waals surface area contributed by atoms with Crippen molar-refractivity contribution in [2.45, 2.75) is 141 Å². The van der Waals surface area contributed by atoms with E-state index in [2.05, 4.69) is 84.5 Å². The van der Waals surface area contributed by atoms with Crippen LogP contribution >= 0.6 is 62.9 Å². The number of carboxylic acid groups (broad SMARTS) is 1. The first-order chi connectivity index (χ1) is 61.2. The first-order valence-electron chi connectivity index (χ1n) is 41.1. The van der Waals surface area contributed by atoms with Crippen molar-refractivity contribution < 1.29 is 105 Å². The fourth-order valence-electron chi connectivity index (χ4n) is 11.1. The molecule has 2 amide bonds. The number of fused-ring (bicyclic) bond motifs is 3. The van der Waals surface area contributed by atoms with Crippen molar-refractivity contribution in [1.82, 2.24) is 45.9 Å². The molecule has 0 unspecified atom stereocenters. The van der Waals surface area contributed by atoms with Crippen molar-refractivity contribution in [3.8, 4) is 34.5 Å². The Labute approximate surface area is 779 Å². The highest BCUT2D eigenvalue weighted by Crippen LogP contribution is 2.61. The number of benzene rings is 6. The van der Waals surface area contributed by atoms with Crippen LogP contribution < -0.4 is 55.8 Å². The van der Waals surface area contributed by atoms with Gasteiger partial charge in [-0.15, -0.1) is 12.4 Å². The zero-order chi connectivity index (χ0) is 96.4. The number of ether oxygens (including phenoxy) is 12. The van der Waals surface area contributed by atoms with Gasteiger partial charge in [0.1, 0.15) is 85.5 Å². The molecule has 38 nitrogen and oxygen atoms in total. The standard InChI is InChI=1S/C20H28N4O3.C11H13NO5.C11H15NO3.C10H9ClN2O.C10H10N2O2.C10H20N2O2.C7H5NO5.C7H16O3.Cl3OP.ClH/c1-5-26-16-8-6-7-15-17(16)22-13-23-18(15)24-11-14(12-24)9-10-21-19(25)27-20(2,3)4;1-3-16-9-7-5-6-8(10(9)12(14)15)11(13)17-4-2;1-3-14-9-7-5-6-8(10(9)12)11(13)15-4-2;1-2-14-8-5-3-4-7-9(8)12-6-13-10(7)11;1-2-14-8-5-3-4-7-9(8)11-6-12-10(7)13;1-10(2,3)14-9(13)12-5-4-8-6-11-7-8;9-5-3-1-2-4(7(10)11)6(5)8(12)13;1-4-8-7(9-5-2)10-6-3;1-5(2,3)4;/h6-8,13-14H,5,9-12H2,1-4H3,(H,21,25);5-7H,3-4H2,1-2H3;5-7H,3-4,12H2,1-2H3;3-6H,2H2,1H3;3-6H,2H2,1H3,(H,11,12,13);8,11H,4-7H2,1-3H3,(H,12,13);1-3,9H,(H,10,11);7H,4-6H2,1-3H3;;1H. The van der Waals surface area contributed by atoms with Gasteiger partial charge in [-0.2, -0.15) is 0 Å². The monoisotopic (exact) mass is 1940 g/mol. The lowest BCUT2D eigenvalue weighted by molar-refractivity contribution is -0.386. The Morgan fingerprint density at radius 2 is 0.931 bits per heavy atom. The largest absolute Gasteiger partial charge is 0.502 e. The number of carboxylic acids is 1. The fraction of sp³-hybridized carbons (Fsp3) is 0.453. The van der Waals surface area contributed by atoms with Gasteiger partial charge < -0.3 is 98.6 Å². The molecule has 130 heavy (non-hydrogen) atoms. The topological polar surface area (TPSA) is 503 Å². The molecule has 0 saturated carbocycles. The van der Waals surface area contributed by atoms with Crippen LogP contribution in [0.25, 0.3) is 32.7 Å². The quantitative estimate of drug-likeness (QED) is 0.00321. The summed E-state index contributed by atoms with van der Waals surface area (Å²) in [6.07, 6.45) is 5.70. The first-order valence-corrected chi connectivity index (χ1v) is 45.9. The number of nitro groups is 2. The molecule has 0 aliphatic carbocycles. The van der Waals surface area contributed by atoms with Gasteiger partial charge in [-0.05, 0) is 255 Å². The average molecular weight is 1940 g/mol. The maximum atomic E-state index is 11.7. The van der Waals surface area contributed by atoms with Crippen LogP contribution in [-0.4, -0.2) is 203 Å². The third-order valence-corrected chi connectivity index (χ3v) is 16.8. The molecule has 11 rings (SSSR count). The Morgan fingerprint density at radius 3 is 1.37 bits per heavy atom. The van der Waals surface area contributed by atoms with E-state index < -0.39 is 67.6 Å². The molecule has 0 atom stereocenters. The summed E-state index contributed by atoms with van der Waals surface area (Å²) in [4.78, 5) is 113. The van der Waals surface area contributed by atoms with Crippen LogP contribution in [0.15, 0.2) is 133 Å². The van der Waals surface area contributed by atoms with Crippen LogP contribution in [0.4, 0.5) is 32.5 Å². The number of aromatic amines is 1. The second-order valence-corrected chi connectivity index (χ2v) is 35.3. The van der Waals surface area contributed by atoms with E-state index in [-0.39, 0.29) is 60.4 Å². The molecule has 44 heteroatoms. The Bertz CT molecular complexity index is 5100. The number of hydrogen-bond acceptors (Lipinski definition) is 32. The molecule has 6 aromatic carbocycles. The van der Waals surface area contributed by atoms with Crippen LogP contribution in [0.1, 0.15) is 155 Å². The van der Waals surface area contributed by atoms with Crippen molar-refractivity contribution in [2.75, 3.05) is 116 Å². The molecular formula is C86H117Cl5N13O25P. The SMILES string of the molecule is CC(C)(C)OC(=O)NCCC1CNC1.CCOC(=O)c1cccc(OCC)c1N.CCOC(=O)c1cccc(OCC)c1[N+](=O)[O-].CCOC(OCC)OCC.CCOc1cccc2c(=O)[nH]cnc12.CCOc1cccc2c(Cl)ncnc12.CCOc1cccc2c(N3CC(CCNC(=O)OC(C)(C)C)C3)ncnc12.Cl.O=C(O)c1cccc(O)c1[N+](=O)[O-].O=P(Cl)(Cl)Cl. The molecule has 5 heterocycles. The van der Waals surface area contributed by atoms with Crippen LogP contribution in [0.2, 0.25) is 5.15 Å². The second kappa shape index (κ2) is 60.6. The lowest BCUT2D eigenvalue weighted by Gasteiger charge is -2.40. The number of nitrogen functional groups attached to an aromatic ring is 1. The molecule has 2 aliphatic rings. The summed E-state index contributed by atoms with van der Waals surface area (Å²) in [5.74, 6) is 1.74. The Hall–Kier alpha value is -11.2. The van der Waals surface area contributed by atoms with Crippen molar-refractivity contribution in [2.24, 2.45) is 11.8 Å². The molecule has 0 bridgehead atoms. The van der Waals surface area contributed by atoms with Gasteiger partial charge in [0.15, 0.2) is 11.5 Å². The minimum Gasteiger partial charge on any atom is -0.502 e. The Kier molecular flexibility index (Phi) is 53.6. The summed E-state index contributed by atoms with van der Waals surface area (Å²) in [7, 11) is 0. The van der Waals surface area contributed by atoms with Crippen molar-refractivity contribution >= 4 is 149 Å². The second-order valence-electron chi connectivity index (χ2n) is 28.3. The van der Waals surface area contributed by atoms with Gasteiger partial charge in [-0.25, -0.2) is 48.9 Å². The van der Waals surface area contributed by atoms with E-state index in [4.69, 9.17) is 84.4 Å². The molecule has 716 valence electrons. The highest BCUT2D eigenvalue weighted by atomic mass is 36.0. The lowest BCUT2D eigenvalue weighted by atomic mass is 9.96. The number of rotatable bonds is 30. The van der Waals surface area contributed by atoms with Crippen LogP contribution in [0.5, 0.6) is 34.5 Å². The van der Waals surface area contributed by atoms with Crippen molar-refractivity contribution in [3.63, 3.8) is 0 Å². The average Bonchev–Trinajstić information content (AvgIpc) is 0.775. The normalized spacial score (nSPS) is 11.8. The number of halogens is 5. The molecule has 8 N–H and O–H groups in total. The third-order valence-electron chi connectivity index (χ3n) is 16.5. The third kappa shape index (κ3) is 42.1. The molecule has 2 fully saturated rings. The van der Waals surface area contributed by atoms with Gasteiger partial charge >= 0.3 is 46.7 Å². The number of amides is 2. The number of phenols is 1. The summed E-state index contributed by atoms with van der Waals surface area (Å²) < 4.78 is 71.6. The van der Waals surface area contributed by atoms with E-state index in [1.807, 2.05) is 126 Å². The van der Waals surface area contributed by atoms with E-state index in [0.717, 1.165) is 96.2 Å². The highest BCUT2D eigenvalue weighted by molar-refractivity contribution is 8.24. The predicted molar refractivity (Wildman–Crippen MR) is 501 cm³/mol. The Morgan fingerprint density at radius 1 is 0.538 bits per heavy atom. The number of phenolic OH excluding ortho intramolecular Hbond substituents is 1. The summed E-state index contributed by atoms with van der Waals surface area (Å²) in [6.45, 7) is 39.4. The highest BCUT2D eigenvalue weighted by Gasteiger charge is 2.31. The number of carbonyl (C=O) groups excluding carboxylic acids is 4. The lowest BCUT2D eigenvalue weighted by Crippen LogP contribution is -2.48. The van der Waals surface area contributed by atoms with Gasteiger partial charge in [0.2, 0.25) is 0 Å². The van der Waals surface area contributed by atoms with Crippen molar-refractivity contribution in [3.05, 3.63) is 181 Å². The number of para-hydroxylation sites is 6. The maximum absolute atomic E-state index is 11.7. The number of nitrogens with zero attached hydrogens (tertiary/aromatic N) is 8. The minimum absolute atomic E-state index is 0. The molecule has 2 aliphatic heterocycles. The maximum Gasteiger partial charge on any atom is 0.407 e. The molecule has 3 aromatic heterocycles. The number of nitrogens with one attached hydrogen (secondary N) is 4. The van der Waals surface area contributed by atoms with E-state index >= 15 is 0 Å². The molecule has 2 saturated heterocycles. The molecule has 0 spiro atoms. The van der Waals surface area contributed by atoms with Gasteiger partial charge in [0.25, 0.3) is 12.0 Å². The summed E-state index contributed by atoms with van der Waals surface area (Å²) >= 11 is 19.8. The number of aromatic nitrogens is 6. The van der Waals surface area contributed by atoms with Gasteiger partial charge in [0, 0.05) is 56.8 Å². The number of alkyl carbamates (subject to hydrolysis) is 2. The first kappa shape index (κ1) is 115. The van der Waals surface area contributed by atoms with E-state index in [1.165, 1.54) is 36.9 Å². The number of aromatic carboxylic acids is 1. The van der Waals surface area contributed by atoms with Crippen LogP contribution in [0, 0.1) is 32.1 Å². The van der Waals surface area contributed by atoms with Crippen LogP contribution in [0.3, 0.4) is 0 Å². The fourth-order valence-corrected chi connectivity index (χ4v) is 11.3. The van der Waals surface area contributed by atoms with Gasteiger partial charge in [-0.1, -0.05) is 48.0 Å². The number of aromatic hydroxyl groups is 1. The predicted octanol–water partition coefficient (Wildman–Crippen LogP) is 18.1. The zero-order valence-corrected chi connectivity index (χ0v) is 80.1. The number of anilines is 2. The van der Waals surface area contributed by atoms with Crippen molar-refractivity contribution in [1.29, 1.82) is 0 Å². The van der Waals surface area contributed by atoms with Crippen LogP contribution in [-0.2, 0) is 37.7 Å². The number of nitrogens with two attached hydrogens (primary N) is 1. The minimum atomic E-state index is -3.22. The number of carbonyl (C=O) groups is 5. The van der Waals surface area contributed by atoms with E-state index in [0.29, 0.717) is 111 Å². The van der Waals surface area contributed by atoms with E-state index in [9.17, 15) is 53.6 Å². The number of esters is 2. The van der Waals surface area contributed by atoms with E-state index in [1.54, 1.807) is 63.5 Å². The summed E-state index contributed by atoms with van der Waals surface area (Å²) in [5.41, 5.74) is 5.91. The number of hydrogen-bond donors (Lipinski definition) is 7. The van der Waals surface area contributed by atoms with Gasteiger partial charge in [0.05, 0.1) is 79.1 Å². The molecule has 9 aromatic rings. The Balaban J connectivity index is 0.000000506. The number of H-pyrrole nitrogens is 1. The summed E-state index contributed by atoms with van der Waals surface area (Å²) in [5, 5.41) is 47.2. The van der Waals surface area contributed by atoms with Gasteiger partial charge in [-0.3, -0.25) is 29.6 Å². The number of nitro benzene ring substituents is 2. The summed E-state index contributed by atoms with van der Waals surface area (Å²) in [6, 6.07) is 29.6. The zero-order valence-electron chi connectivity index (χ0n) is 75.4. The smallest absolute Gasteiger partial charge is 0.407 e. The molecule has 0 radical (unpaired) electrons.